The molecule has 0 amide bonds. The van der Waals surface area contributed by atoms with Crippen LogP contribution < -0.4 is 15.0 Å². The molecule has 1 fully saturated rings. The minimum absolute atomic E-state index is 0.141. The summed E-state index contributed by atoms with van der Waals surface area (Å²) in [5.41, 5.74) is 1.01. The molecule has 9 heteroatoms. The van der Waals surface area contributed by atoms with Gasteiger partial charge in [0.15, 0.2) is 0 Å². The Kier molecular flexibility index (Phi) is 8.60. The molecule has 1 aromatic heterocycles. The Balaban J connectivity index is 1.64. The van der Waals surface area contributed by atoms with E-state index in [2.05, 4.69) is 20.2 Å². The molecule has 2 aromatic rings. The highest BCUT2D eigenvalue weighted by atomic mass is 35.5. The Labute approximate surface area is 193 Å². The van der Waals surface area contributed by atoms with E-state index in [-0.39, 0.29) is 11.9 Å². The first kappa shape index (κ1) is 23.4. The van der Waals surface area contributed by atoms with Crippen molar-refractivity contribution in [1.29, 1.82) is 0 Å². The Morgan fingerprint density at radius 3 is 2.87 bits per heavy atom. The van der Waals surface area contributed by atoms with Crippen LogP contribution in [0.1, 0.15) is 31.7 Å². The standard InChI is InChI=1S/C22H28Cl2N4O3/c1-3-31-21(29)11-15-5-4-10-28(14-15)20-13-19(26-22(27-20)30-2)25-9-8-16-6-7-17(23)12-18(16)24/h6-7,12-13,15H,3-5,8-11,14H2,1-2H3,(H,25,26,27). The van der Waals surface area contributed by atoms with E-state index in [4.69, 9.17) is 32.7 Å². The van der Waals surface area contributed by atoms with Gasteiger partial charge in [0.25, 0.3) is 0 Å². The number of rotatable bonds is 9. The Morgan fingerprint density at radius 2 is 2.13 bits per heavy atom. The number of aromatic nitrogens is 2. The molecule has 168 valence electrons. The lowest BCUT2D eigenvalue weighted by Crippen LogP contribution is -2.37. The highest BCUT2D eigenvalue weighted by Gasteiger charge is 2.24. The van der Waals surface area contributed by atoms with Gasteiger partial charge in [-0.3, -0.25) is 4.79 Å². The maximum Gasteiger partial charge on any atom is 0.320 e. The molecule has 1 aliphatic rings. The van der Waals surface area contributed by atoms with Gasteiger partial charge in [0.2, 0.25) is 0 Å². The molecule has 0 radical (unpaired) electrons. The largest absolute Gasteiger partial charge is 0.467 e. The Morgan fingerprint density at radius 1 is 1.29 bits per heavy atom. The number of methoxy groups -OCH3 is 1. The summed E-state index contributed by atoms with van der Waals surface area (Å²) in [7, 11) is 1.55. The summed E-state index contributed by atoms with van der Waals surface area (Å²) in [5.74, 6) is 1.57. The number of hydrogen-bond donors (Lipinski definition) is 1. The first-order chi connectivity index (χ1) is 15.0. The number of anilines is 2. The molecule has 1 unspecified atom stereocenters. The molecular formula is C22H28Cl2N4O3. The summed E-state index contributed by atoms with van der Waals surface area (Å²) in [6.07, 6.45) is 3.15. The highest BCUT2D eigenvalue weighted by Crippen LogP contribution is 2.27. The number of nitrogens with one attached hydrogen (secondary N) is 1. The normalized spacial score (nSPS) is 16.1. The molecule has 0 saturated carbocycles. The lowest BCUT2D eigenvalue weighted by molar-refractivity contribution is -0.144. The number of carbonyl (C=O) groups excluding carboxylic acids is 1. The van der Waals surface area contributed by atoms with Crippen molar-refractivity contribution in [3.8, 4) is 6.01 Å². The van der Waals surface area contributed by atoms with Crippen molar-refractivity contribution >= 4 is 40.8 Å². The van der Waals surface area contributed by atoms with Crippen LogP contribution in [0.25, 0.3) is 0 Å². The SMILES string of the molecule is CCOC(=O)CC1CCCN(c2cc(NCCc3ccc(Cl)cc3Cl)nc(OC)n2)C1. The van der Waals surface area contributed by atoms with Crippen LogP contribution in [0.2, 0.25) is 10.0 Å². The van der Waals surface area contributed by atoms with Crippen LogP contribution >= 0.6 is 23.2 Å². The van der Waals surface area contributed by atoms with Crippen LogP contribution in [0, 0.1) is 5.92 Å². The number of nitrogens with zero attached hydrogens (tertiary/aromatic N) is 3. The van der Waals surface area contributed by atoms with E-state index in [1.165, 1.54) is 0 Å². The number of carbonyl (C=O) groups is 1. The third kappa shape index (κ3) is 6.87. The Hall–Kier alpha value is -2.25. The maximum absolute atomic E-state index is 11.9. The molecule has 3 rings (SSSR count). The first-order valence-electron chi connectivity index (χ1n) is 10.5. The zero-order valence-corrected chi connectivity index (χ0v) is 19.4. The van der Waals surface area contributed by atoms with Gasteiger partial charge >= 0.3 is 12.0 Å². The van der Waals surface area contributed by atoms with Crippen molar-refractivity contribution in [2.75, 3.05) is 43.6 Å². The van der Waals surface area contributed by atoms with E-state index in [1.54, 1.807) is 13.2 Å². The van der Waals surface area contributed by atoms with Gasteiger partial charge in [0, 0.05) is 35.7 Å². The second-order valence-electron chi connectivity index (χ2n) is 7.47. The van der Waals surface area contributed by atoms with Gasteiger partial charge < -0.3 is 19.7 Å². The molecule has 1 N–H and O–H groups in total. The third-order valence-electron chi connectivity index (χ3n) is 5.19. The van der Waals surface area contributed by atoms with E-state index >= 15 is 0 Å². The van der Waals surface area contributed by atoms with Crippen molar-refractivity contribution in [1.82, 2.24) is 9.97 Å². The number of ether oxygens (including phenoxy) is 2. The fourth-order valence-electron chi connectivity index (χ4n) is 3.70. The molecule has 7 nitrogen and oxygen atoms in total. The van der Waals surface area contributed by atoms with Gasteiger partial charge in [0.05, 0.1) is 20.1 Å². The molecule has 1 aliphatic heterocycles. The van der Waals surface area contributed by atoms with Gasteiger partial charge in [-0.15, -0.1) is 0 Å². The minimum atomic E-state index is -0.141. The predicted octanol–water partition coefficient (Wildman–Crippen LogP) is 4.62. The predicted molar refractivity (Wildman–Crippen MR) is 123 cm³/mol. The van der Waals surface area contributed by atoms with Gasteiger partial charge in [-0.1, -0.05) is 29.3 Å². The molecule has 31 heavy (non-hydrogen) atoms. The summed E-state index contributed by atoms with van der Waals surface area (Å²) in [4.78, 5) is 23.0. The first-order valence-corrected chi connectivity index (χ1v) is 11.3. The summed E-state index contributed by atoms with van der Waals surface area (Å²) in [6.45, 7) is 4.51. The van der Waals surface area contributed by atoms with E-state index in [0.717, 1.165) is 43.7 Å². The van der Waals surface area contributed by atoms with Crippen molar-refractivity contribution in [2.24, 2.45) is 5.92 Å². The topological polar surface area (TPSA) is 76.6 Å². The zero-order chi connectivity index (χ0) is 22.2. The lowest BCUT2D eigenvalue weighted by Gasteiger charge is -2.33. The molecule has 2 heterocycles. The quantitative estimate of drug-likeness (QED) is 0.540. The lowest BCUT2D eigenvalue weighted by atomic mass is 9.95. The van der Waals surface area contributed by atoms with Crippen LogP contribution in [-0.2, 0) is 16.0 Å². The number of halogens is 2. The monoisotopic (exact) mass is 466 g/mol. The molecule has 1 saturated heterocycles. The molecule has 0 bridgehead atoms. The average Bonchev–Trinajstić information content (AvgIpc) is 2.75. The van der Waals surface area contributed by atoms with Crippen molar-refractivity contribution in [2.45, 2.75) is 32.6 Å². The second-order valence-corrected chi connectivity index (χ2v) is 8.32. The van der Waals surface area contributed by atoms with Crippen LogP contribution in [0.4, 0.5) is 11.6 Å². The van der Waals surface area contributed by atoms with E-state index in [9.17, 15) is 4.79 Å². The maximum atomic E-state index is 11.9. The molecule has 0 spiro atoms. The van der Waals surface area contributed by atoms with E-state index in [0.29, 0.717) is 41.4 Å². The van der Waals surface area contributed by atoms with Crippen LogP contribution in [0.15, 0.2) is 24.3 Å². The molecule has 0 aliphatic carbocycles. The average molecular weight is 467 g/mol. The van der Waals surface area contributed by atoms with Crippen LogP contribution in [0.5, 0.6) is 6.01 Å². The van der Waals surface area contributed by atoms with Gasteiger partial charge in [-0.25, -0.2) is 0 Å². The number of benzene rings is 1. The molecule has 1 aromatic carbocycles. The Bertz CT molecular complexity index is 897. The van der Waals surface area contributed by atoms with Crippen molar-refractivity contribution in [3.05, 3.63) is 39.9 Å². The van der Waals surface area contributed by atoms with Gasteiger partial charge in [-0.05, 0) is 49.8 Å². The summed E-state index contributed by atoms with van der Waals surface area (Å²) in [6, 6.07) is 7.72. The van der Waals surface area contributed by atoms with E-state index in [1.807, 2.05) is 25.1 Å². The number of hydrogen-bond acceptors (Lipinski definition) is 7. The van der Waals surface area contributed by atoms with Gasteiger partial charge in [0.1, 0.15) is 11.6 Å². The molecular weight excluding hydrogens is 439 g/mol. The van der Waals surface area contributed by atoms with Crippen LogP contribution in [-0.4, -0.2) is 49.3 Å². The summed E-state index contributed by atoms with van der Waals surface area (Å²) < 4.78 is 10.4. The van der Waals surface area contributed by atoms with Crippen molar-refractivity contribution in [3.63, 3.8) is 0 Å². The number of piperidine rings is 1. The highest BCUT2D eigenvalue weighted by molar-refractivity contribution is 6.35. The second kappa shape index (κ2) is 11.4. The van der Waals surface area contributed by atoms with Crippen molar-refractivity contribution < 1.29 is 14.3 Å². The fraction of sp³-hybridized carbons (Fsp3) is 0.500. The third-order valence-corrected chi connectivity index (χ3v) is 5.78. The van der Waals surface area contributed by atoms with Crippen LogP contribution in [0.3, 0.4) is 0 Å². The summed E-state index contributed by atoms with van der Waals surface area (Å²) in [5, 5.41) is 4.60. The summed E-state index contributed by atoms with van der Waals surface area (Å²) >= 11 is 12.2. The smallest absolute Gasteiger partial charge is 0.320 e. The van der Waals surface area contributed by atoms with Gasteiger partial charge in [-0.2, -0.15) is 9.97 Å². The van der Waals surface area contributed by atoms with E-state index < -0.39 is 0 Å². The fourth-order valence-corrected chi connectivity index (χ4v) is 4.20. The molecule has 1 atom stereocenters. The minimum Gasteiger partial charge on any atom is -0.467 e. The number of esters is 1. The zero-order valence-electron chi connectivity index (χ0n) is 17.9.